The molecule has 0 aliphatic heterocycles. The van der Waals surface area contributed by atoms with Crippen molar-refractivity contribution in [3.05, 3.63) is 0 Å². The van der Waals surface area contributed by atoms with Crippen LogP contribution in [0.1, 0.15) is 39.5 Å². The van der Waals surface area contributed by atoms with Crippen molar-refractivity contribution in [1.29, 1.82) is 0 Å². The summed E-state index contributed by atoms with van der Waals surface area (Å²) in [5.41, 5.74) is 0. The highest BCUT2D eigenvalue weighted by molar-refractivity contribution is 7.98. The van der Waals surface area contributed by atoms with Gasteiger partial charge in [-0.1, -0.05) is 19.8 Å². The first kappa shape index (κ1) is 15.8. The van der Waals surface area contributed by atoms with E-state index in [0.717, 1.165) is 31.7 Å². The fourth-order valence-corrected chi connectivity index (χ4v) is 1.80. The number of hydrogen-bond acceptors (Lipinski definition) is 3. The molecule has 0 bridgehead atoms. The molecule has 1 atom stereocenters. The highest BCUT2D eigenvalue weighted by Crippen LogP contribution is 1.95. The smallest absolute Gasteiger partial charge is 0.236 e. The largest absolute Gasteiger partial charge is 0.355 e. The predicted octanol–water partition coefficient (Wildman–Crippen LogP) is 2.02. The molecular weight excluding hydrogens is 220 g/mol. The normalized spacial score (nSPS) is 12.4. The van der Waals surface area contributed by atoms with E-state index in [1.54, 1.807) is 0 Å². The van der Waals surface area contributed by atoms with E-state index < -0.39 is 0 Å². The van der Waals surface area contributed by atoms with Crippen molar-refractivity contribution in [2.45, 2.75) is 45.6 Å². The van der Waals surface area contributed by atoms with Crippen LogP contribution in [-0.4, -0.2) is 37.0 Å². The molecule has 0 saturated carbocycles. The SMILES string of the molecule is CCCCCNC(=O)C(C)NCCCSC. The van der Waals surface area contributed by atoms with Gasteiger partial charge in [0.05, 0.1) is 6.04 Å². The van der Waals surface area contributed by atoms with Gasteiger partial charge < -0.3 is 10.6 Å². The third-order valence-corrected chi connectivity index (χ3v) is 3.15. The Kier molecular flexibility index (Phi) is 11.1. The molecule has 0 fully saturated rings. The molecular formula is C12H26N2OS. The Bertz CT molecular complexity index is 176. The second-order valence-electron chi connectivity index (χ2n) is 4.02. The Morgan fingerprint density at radius 3 is 2.62 bits per heavy atom. The van der Waals surface area contributed by atoms with Gasteiger partial charge in [0.2, 0.25) is 5.91 Å². The van der Waals surface area contributed by atoms with Gasteiger partial charge in [-0.2, -0.15) is 11.8 Å². The molecule has 3 nitrogen and oxygen atoms in total. The molecule has 16 heavy (non-hydrogen) atoms. The van der Waals surface area contributed by atoms with Crippen LogP contribution in [0.5, 0.6) is 0 Å². The molecule has 0 aliphatic carbocycles. The number of carbonyl (C=O) groups is 1. The summed E-state index contributed by atoms with van der Waals surface area (Å²) in [7, 11) is 0. The Labute approximate surface area is 104 Å². The van der Waals surface area contributed by atoms with Gasteiger partial charge in [0.15, 0.2) is 0 Å². The lowest BCUT2D eigenvalue weighted by atomic mass is 10.2. The minimum atomic E-state index is -0.0662. The standard InChI is InChI=1S/C12H26N2OS/c1-4-5-6-8-14-12(15)11(2)13-9-7-10-16-3/h11,13H,4-10H2,1-3H3,(H,14,15). The molecule has 0 spiro atoms. The molecule has 4 heteroatoms. The zero-order chi connectivity index (χ0) is 12.2. The zero-order valence-electron chi connectivity index (χ0n) is 10.8. The van der Waals surface area contributed by atoms with Crippen molar-refractivity contribution in [1.82, 2.24) is 10.6 Å². The van der Waals surface area contributed by atoms with Crippen molar-refractivity contribution >= 4 is 17.7 Å². The number of unbranched alkanes of at least 4 members (excludes halogenated alkanes) is 2. The number of amides is 1. The molecule has 2 N–H and O–H groups in total. The van der Waals surface area contributed by atoms with E-state index in [2.05, 4.69) is 23.8 Å². The van der Waals surface area contributed by atoms with E-state index in [4.69, 9.17) is 0 Å². The summed E-state index contributed by atoms with van der Waals surface area (Å²) in [4.78, 5) is 11.6. The van der Waals surface area contributed by atoms with Crippen LogP contribution in [0.2, 0.25) is 0 Å². The average molecular weight is 246 g/mol. The van der Waals surface area contributed by atoms with Gasteiger partial charge in [-0.05, 0) is 38.3 Å². The molecule has 0 rings (SSSR count). The number of thioether (sulfide) groups is 1. The van der Waals surface area contributed by atoms with Gasteiger partial charge in [-0.3, -0.25) is 4.79 Å². The van der Waals surface area contributed by atoms with Crippen LogP contribution in [0.4, 0.5) is 0 Å². The maximum atomic E-state index is 11.6. The van der Waals surface area contributed by atoms with Crippen LogP contribution < -0.4 is 10.6 Å². The van der Waals surface area contributed by atoms with Crippen LogP contribution in [0.3, 0.4) is 0 Å². The minimum Gasteiger partial charge on any atom is -0.355 e. The van der Waals surface area contributed by atoms with Crippen LogP contribution in [0.15, 0.2) is 0 Å². The van der Waals surface area contributed by atoms with Gasteiger partial charge in [-0.25, -0.2) is 0 Å². The summed E-state index contributed by atoms with van der Waals surface area (Å²) in [6, 6.07) is -0.0662. The first-order valence-electron chi connectivity index (χ1n) is 6.22. The number of rotatable bonds is 10. The van der Waals surface area contributed by atoms with Crippen molar-refractivity contribution in [3.8, 4) is 0 Å². The van der Waals surface area contributed by atoms with Crippen LogP contribution in [0, 0.1) is 0 Å². The summed E-state index contributed by atoms with van der Waals surface area (Å²) in [6.07, 6.45) is 6.69. The third kappa shape index (κ3) is 9.04. The zero-order valence-corrected chi connectivity index (χ0v) is 11.7. The van der Waals surface area contributed by atoms with Crippen molar-refractivity contribution < 1.29 is 4.79 Å². The first-order valence-corrected chi connectivity index (χ1v) is 7.61. The van der Waals surface area contributed by atoms with Crippen molar-refractivity contribution in [2.75, 3.05) is 25.1 Å². The molecule has 0 aromatic rings. The fourth-order valence-electron chi connectivity index (χ4n) is 1.37. The number of nitrogens with one attached hydrogen (secondary N) is 2. The summed E-state index contributed by atoms with van der Waals surface area (Å²) >= 11 is 1.84. The maximum absolute atomic E-state index is 11.6. The summed E-state index contributed by atoms with van der Waals surface area (Å²) in [6.45, 7) is 5.82. The maximum Gasteiger partial charge on any atom is 0.236 e. The monoisotopic (exact) mass is 246 g/mol. The van der Waals surface area contributed by atoms with E-state index in [-0.39, 0.29) is 11.9 Å². The highest BCUT2D eigenvalue weighted by Gasteiger charge is 2.10. The number of hydrogen-bond donors (Lipinski definition) is 2. The minimum absolute atomic E-state index is 0.0662. The lowest BCUT2D eigenvalue weighted by Gasteiger charge is -2.13. The quantitative estimate of drug-likeness (QED) is 0.580. The lowest BCUT2D eigenvalue weighted by molar-refractivity contribution is -0.122. The third-order valence-electron chi connectivity index (χ3n) is 2.45. The van der Waals surface area contributed by atoms with E-state index in [0.29, 0.717) is 0 Å². The summed E-state index contributed by atoms with van der Waals surface area (Å²) in [5, 5.41) is 6.18. The summed E-state index contributed by atoms with van der Waals surface area (Å²) in [5.74, 6) is 1.28. The molecule has 0 heterocycles. The van der Waals surface area contributed by atoms with Crippen LogP contribution in [-0.2, 0) is 4.79 Å². The van der Waals surface area contributed by atoms with Gasteiger partial charge in [-0.15, -0.1) is 0 Å². The van der Waals surface area contributed by atoms with Crippen LogP contribution >= 0.6 is 11.8 Å². The molecule has 1 amide bonds. The molecule has 0 radical (unpaired) electrons. The predicted molar refractivity (Wildman–Crippen MR) is 73.0 cm³/mol. The second kappa shape index (κ2) is 11.3. The van der Waals surface area contributed by atoms with E-state index in [1.807, 2.05) is 18.7 Å². The highest BCUT2D eigenvalue weighted by atomic mass is 32.2. The topological polar surface area (TPSA) is 41.1 Å². The molecule has 0 aliphatic rings. The van der Waals surface area contributed by atoms with Crippen molar-refractivity contribution in [3.63, 3.8) is 0 Å². The second-order valence-corrected chi connectivity index (χ2v) is 5.01. The van der Waals surface area contributed by atoms with Crippen molar-refractivity contribution in [2.24, 2.45) is 0 Å². The molecule has 0 saturated heterocycles. The first-order chi connectivity index (χ1) is 7.72. The van der Waals surface area contributed by atoms with Gasteiger partial charge in [0, 0.05) is 6.54 Å². The van der Waals surface area contributed by atoms with Crippen LogP contribution in [0.25, 0.3) is 0 Å². The van der Waals surface area contributed by atoms with E-state index >= 15 is 0 Å². The molecule has 1 unspecified atom stereocenters. The fraction of sp³-hybridized carbons (Fsp3) is 0.917. The molecule has 0 aromatic carbocycles. The average Bonchev–Trinajstić information content (AvgIpc) is 2.29. The Morgan fingerprint density at radius 1 is 1.25 bits per heavy atom. The van der Waals surface area contributed by atoms with E-state index in [1.165, 1.54) is 12.8 Å². The van der Waals surface area contributed by atoms with Gasteiger partial charge in [0.1, 0.15) is 0 Å². The Morgan fingerprint density at radius 2 is 2.00 bits per heavy atom. The Hall–Kier alpha value is -0.220. The molecule has 0 aromatic heterocycles. The lowest BCUT2D eigenvalue weighted by Crippen LogP contribution is -2.42. The van der Waals surface area contributed by atoms with Gasteiger partial charge >= 0.3 is 0 Å². The summed E-state index contributed by atoms with van der Waals surface area (Å²) < 4.78 is 0. The molecule has 96 valence electrons. The number of carbonyl (C=O) groups excluding carboxylic acids is 1. The van der Waals surface area contributed by atoms with Gasteiger partial charge in [0.25, 0.3) is 0 Å². The Balaban J connectivity index is 3.42. The van der Waals surface area contributed by atoms with E-state index in [9.17, 15) is 4.79 Å².